The van der Waals surface area contributed by atoms with Crippen molar-refractivity contribution in [3.63, 3.8) is 0 Å². The SMILES string of the molecule is CC(=O)N1CCN(c2cccc(Br)c2)CC1c1ccccc1. The average Bonchev–Trinajstić information content (AvgIpc) is 2.55. The largest absolute Gasteiger partial charge is 0.367 e. The molecule has 1 atom stereocenters. The zero-order valence-corrected chi connectivity index (χ0v) is 14.2. The second kappa shape index (κ2) is 6.53. The van der Waals surface area contributed by atoms with Gasteiger partial charge in [-0.15, -0.1) is 0 Å². The van der Waals surface area contributed by atoms with Crippen LogP contribution in [0.4, 0.5) is 5.69 Å². The van der Waals surface area contributed by atoms with Gasteiger partial charge in [-0.2, -0.15) is 0 Å². The van der Waals surface area contributed by atoms with E-state index in [0.29, 0.717) is 0 Å². The minimum absolute atomic E-state index is 0.103. The van der Waals surface area contributed by atoms with E-state index in [9.17, 15) is 4.79 Å². The molecule has 4 heteroatoms. The van der Waals surface area contributed by atoms with E-state index in [1.165, 1.54) is 11.3 Å². The van der Waals surface area contributed by atoms with Gasteiger partial charge in [-0.3, -0.25) is 4.79 Å². The normalized spacial score (nSPS) is 18.4. The number of amides is 1. The lowest BCUT2D eigenvalue weighted by Gasteiger charge is -2.42. The van der Waals surface area contributed by atoms with E-state index in [1.54, 1.807) is 6.92 Å². The topological polar surface area (TPSA) is 23.6 Å². The third-order valence-electron chi connectivity index (χ3n) is 4.14. The molecule has 2 aromatic carbocycles. The standard InChI is InChI=1S/C18H19BrN2O/c1-14(22)21-11-10-20(17-9-5-8-16(19)12-17)13-18(21)15-6-3-2-4-7-15/h2-9,12,18H,10-11,13H2,1H3. The zero-order valence-electron chi connectivity index (χ0n) is 12.6. The highest BCUT2D eigenvalue weighted by Gasteiger charge is 2.29. The fourth-order valence-corrected chi connectivity index (χ4v) is 3.41. The molecule has 1 saturated heterocycles. The molecule has 0 radical (unpaired) electrons. The molecule has 1 unspecified atom stereocenters. The Bertz CT molecular complexity index is 659. The fourth-order valence-electron chi connectivity index (χ4n) is 3.03. The molecule has 22 heavy (non-hydrogen) atoms. The van der Waals surface area contributed by atoms with Crippen molar-refractivity contribution in [2.45, 2.75) is 13.0 Å². The summed E-state index contributed by atoms with van der Waals surface area (Å²) in [5, 5.41) is 0. The van der Waals surface area contributed by atoms with Gasteiger partial charge in [-0.05, 0) is 23.8 Å². The van der Waals surface area contributed by atoms with Crippen LogP contribution in [0.1, 0.15) is 18.5 Å². The van der Waals surface area contributed by atoms with E-state index in [0.717, 1.165) is 24.1 Å². The van der Waals surface area contributed by atoms with E-state index in [2.05, 4.69) is 45.1 Å². The van der Waals surface area contributed by atoms with Gasteiger partial charge in [0.2, 0.25) is 5.91 Å². The lowest BCUT2D eigenvalue weighted by molar-refractivity contribution is -0.131. The van der Waals surface area contributed by atoms with Crippen LogP contribution in [0.15, 0.2) is 59.1 Å². The third kappa shape index (κ3) is 3.17. The van der Waals surface area contributed by atoms with Gasteiger partial charge in [0, 0.05) is 36.7 Å². The molecule has 0 bridgehead atoms. The van der Waals surface area contributed by atoms with E-state index in [1.807, 2.05) is 35.2 Å². The Morgan fingerprint density at radius 3 is 2.55 bits per heavy atom. The second-order valence-electron chi connectivity index (χ2n) is 5.56. The number of carbonyl (C=O) groups excluding carboxylic acids is 1. The van der Waals surface area contributed by atoms with Crippen LogP contribution < -0.4 is 4.90 Å². The smallest absolute Gasteiger partial charge is 0.220 e. The van der Waals surface area contributed by atoms with Crippen molar-refractivity contribution in [2.24, 2.45) is 0 Å². The molecule has 3 nitrogen and oxygen atoms in total. The maximum absolute atomic E-state index is 12.0. The zero-order chi connectivity index (χ0) is 15.5. The van der Waals surface area contributed by atoms with Gasteiger partial charge in [0.1, 0.15) is 0 Å². The maximum Gasteiger partial charge on any atom is 0.220 e. The summed E-state index contributed by atoms with van der Waals surface area (Å²) in [5.41, 5.74) is 2.39. The highest BCUT2D eigenvalue weighted by molar-refractivity contribution is 9.10. The third-order valence-corrected chi connectivity index (χ3v) is 4.64. The van der Waals surface area contributed by atoms with Gasteiger partial charge in [0.25, 0.3) is 0 Å². The summed E-state index contributed by atoms with van der Waals surface area (Å²) >= 11 is 3.53. The van der Waals surface area contributed by atoms with Gasteiger partial charge < -0.3 is 9.80 Å². The molecule has 1 fully saturated rings. The first-order chi connectivity index (χ1) is 10.6. The van der Waals surface area contributed by atoms with Crippen LogP contribution in [0.3, 0.4) is 0 Å². The lowest BCUT2D eigenvalue weighted by Crippen LogP contribution is -2.50. The first kappa shape index (κ1) is 15.1. The molecular weight excluding hydrogens is 340 g/mol. The Morgan fingerprint density at radius 2 is 1.86 bits per heavy atom. The lowest BCUT2D eigenvalue weighted by atomic mass is 10.0. The molecule has 0 spiro atoms. The van der Waals surface area contributed by atoms with Crippen molar-refractivity contribution in [1.29, 1.82) is 0 Å². The van der Waals surface area contributed by atoms with Crippen LogP contribution in [-0.2, 0) is 4.79 Å². The van der Waals surface area contributed by atoms with Gasteiger partial charge in [-0.1, -0.05) is 52.3 Å². The fraction of sp³-hybridized carbons (Fsp3) is 0.278. The van der Waals surface area contributed by atoms with Crippen molar-refractivity contribution >= 4 is 27.5 Å². The summed E-state index contributed by atoms with van der Waals surface area (Å²) in [5.74, 6) is 0.141. The van der Waals surface area contributed by atoms with Crippen molar-refractivity contribution < 1.29 is 4.79 Å². The minimum Gasteiger partial charge on any atom is -0.367 e. The Kier molecular flexibility index (Phi) is 4.48. The quantitative estimate of drug-likeness (QED) is 0.813. The van der Waals surface area contributed by atoms with Gasteiger partial charge >= 0.3 is 0 Å². The summed E-state index contributed by atoms with van der Waals surface area (Å²) in [6.45, 7) is 4.09. The van der Waals surface area contributed by atoms with Gasteiger partial charge in [-0.25, -0.2) is 0 Å². The van der Waals surface area contributed by atoms with Crippen molar-refractivity contribution in [2.75, 3.05) is 24.5 Å². The number of benzene rings is 2. The molecule has 0 aliphatic carbocycles. The molecule has 114 valence electrons. The molecule has 0 N–H and O–H groups in total. The Hall–Kier alpha value is -1.81. The number of rotatable bonds is 2. The monoisotopic (exact) mass is 358 g/mol. The molecule has 0 aromatic heterocycles. The Labute approximate surface area is 139 Å². The second-order valence-corrected chi connectivity index (χ2v) is 6.48. The summed E-state index contributed by atoms with van der Waals surface area (Å²) in [7, 11) is 0. The molecule has 1 heterocycles. The number of halogens is 1. The van der Waals surface area contributed by atoms with Crippen LogP contribution in [-0.4, -0.2) is 30.4 Å². The number of carbonyl (C=O) groups is 1. The average molecular weight is 359 g/mol. The van der Waals surface area contributed by atoms with Crippen LogP contribution in [0.5, 0.6) is 0 Å². The van der Waals surface area contributed by atoms with E-state index in [4.69, 9.17) is 0 Å². The number of anilines is 1. The van der Waals surface area contributed by atoms with Crippen LogP contribution in [0.2, 0.25) is 0 Å². The highest BCUT2D eigenvalue weighted by atomic mass is 79.9. The Balaban J connectivity index is 1.88. The van der Waals surface area contributed by atoms with Crippen LogP contribution >= 0.6 is 15.9 Å². The van der Waals surface area contributed by atoms with Crippen molar-refractivity contribution in [3.8, 4) is 0 Å². The maximum atomic E-state index is 12.0. The van der Waals surface area contributed by atoms with Gasteiger partial charge in [0.15, 0.2) is 0 Å². The van der Waals surface area contributed by atoms with E-state index in [-0.39, 0.29) is 11.9 Å². The first-order valence-corrected chi connectivity index (χ1v) is 8.27. The number of nitrogens with zero attached hydrogens (tertiary/aromatic N) is 2. The minimum atomic E-state index is 0.103. The van der Waals surface area contributed by atoms with Crippen molar-refractivity contribution in [3.05, 3.63) is 64.6 Å². The molecule has 0 saturated carbocycles. The number of hydrogen-bond acceptors (Lipinski definition) is 2. The molecule has 1 amide bonds. The molecule has 2 aromatic rings. The van der Waals surface area contributed by atoms with Gasteiger partial charge in [0.05, 0.1) is 6.04 Å². The van der Waals surface area contributed by atoms with Crippen LogP contribution in [0.25, 0.3) is 0 Å². The van der Waals surface area contributed by atoms with E-state index < -0.39 is 0 Å². The predicted octanol–water partition coefficient (Wildman–Crippen LogP) is 3.86. The number of piperazine rings is 1. The summed E-state index contributed by atoms with van der Waals surface area (Å²) in [6, 6.07) is 18.7. The predicted molar refractivity (Wildman–Crippen MR) is 92.9 cm³/mol. The molecule has 1 aliphatic heterocycles. The molecule has 1 aliphatic rings. The highest BCUT2D eigenvalue weighted by Crippen LogP contribution is 2.29. The Morgan fingerprint density at radius 1 is 1.09 bits per heavy atom. The molecular formula is C18H19BrN2O. The summed E-state index contributed by atoms with van der Waals surface area (Å²) < 4.78 is 1.08. The summed E-state index contributed by atoms with van der Waals surface area (Å²) in [6.07, 6.45) is 0. The first-order valence-electron chi connectivity index (χ1n) is 7.48. The number of hydrogen-bond donors (Lipinski definition) is 0. The van der Waals surface area contributed by atoms with Crippen LogP contribution in [0, 0.1) is 0 Å². The molecule has 3 rings (SSSR count). The summed E-state index contributed by atoms with van der Waals surface area (Å²) in [4.78, 5) is 16.3. The van der Waals surface area contributed by atoms with Crippen molar-refractivity contribution in [1.82, 2.24) is 4.90 Å². The van der Waals surface area contributed by atoms with E-state index >= 15 is 0 Å².